The first kappa shape index (κ1) is 24.5. The predicted molar refractivity (Wildman–Crippen MR) is 136 cm³/mol. The van der Waals surface area contributed by atoms with Crippen molar-refractivity contribution in [2.75, 3.05) is 37.5 Å². The van der Waals surface area contributed by atoms with Crippen molar-refractivity contribution in [1.29, 1.82) is 0 Å². The summed E-state index contributed by atoms with van der Waals surface area (Å²) in [6, 6.07) is 22.9. The van der Waals surface area contributed by atoms with Crippen molar-refractivity contribution in [3.05, 3.63) is 72.3 Å². The number of carbonyl (C=O) groups is 1. The fourth-order valence-corrected chi connectivity index (χ4v) is 4.65. The molecule has 0 saturated carbocycles. The molecular weight excluding hydrogens is 434 g/mol. The molecular formula is C27H31NO4S. The van der Waals surface area contributed by atoms with Crippen molar-refractivity contribution >= 4 is 23.4 Å². The van der Waals surface area contributed by atoms with Crippen LogP contribution in [-0.2, 0) is 4.79 Å². The van der Waals surface area contributed by atoms with Crippen LogP contribution in [0.3, 0.4) is 0 Å². The van der Waals surface area contributed by atoms with Crippen LogP contribution in [-0.4, -0.2) is 43.6 Å². The van der Waals surface area contributed by atoms with E-state index >= 15 is 0 Å². The number of hydrogen-bond acceptors (Lipinski definition) is 5. The number of ether oxygens (including phenoxy) is 2. The van der Waals surface area contributed by atoms with Crippen molar-refractivity contribution in [2.45, 2.75) is 25.2 Å². The first-order valence-electron chi connectivity index (χ1n) is 11.1. The van der Waals surface area contributed by atoms with Gasteiger partial charge in [0.1, 0.15) is 11.5 Å². The van der Waals surface area contributed by atoms with Gasteiger partial charge in [0.25, 0.3) is 0 Å². The van der Waals surface area contributed by atoms with Crippen molar-refractivity contribution in [3.8, 4) is 22.6 Å². The van der Waals surface area contributed by atoms with Crippen molar-refractivity contribution in [1.82, 2.24) is 0 Å². The highest BCUT2D eigenvalue weighted by atomic mass is 32.2. The molecule has 0 aliphatic heterocycles. The van der Waals surface area contributed by atoms with Gasteiger partial charge in [-0.15, -0.1) is 11.8 Å². The zero-order valence-corrected chi connectivity index (χ0v) is 20.2. The zero-order valence-electron chi connectivity index (χ0n) is 19.4. The van der Waals surface area contributed by atoms with Gasteiger partial charge in [-0.1, -0.05) is 42.5 Å². The van der Waals surface area contributed by atoms with Gasteiger partial charge in [0.05, 0.1) is 7.11 Å². The number of nitrogens with zero attached hydrogens (tertiary/aromatic N) is 1. The van der Waals surface area contributed by atoms with E-state index < -0.39 is 5.97 Å². The standard InChI is InChI=1S/C27H31NO4S/c1-4-28(23-13-11-22(12-14-23)21-9-6-5-7-10-21)15-8-16-33-26-17-20(2)24(18-25(26)31-3)32-19-27(29)30/h5-7,9-14,17-18H,4,8,15-16,19H2,1-3H3,(H,29,30). The zero-order chi connectivity index (χ0) is 23.6. The van der Waals surface area contributed by atoms with E-state index in [1.807, 2.05) is 19.1 Å². The summed E-state index contributed by atoms with van der Waals surface area (Å²) in [5, 5.41) is 8.84. The number of methoxy groups -OCH3 is 1. The Kier molecular flexibility index (Phi) is 9.07. The number of thioether (sulfide) groups is 1. The van der Waals surface area contributed by atoms with E-state index in [0.29, 0.717) is 11.5 Å². The van der Waals surface area contributed by atoms with Crippen LogP contribution in [0.1, 0.15) is 18.9 Å². The van der Waals surface area contributed by atoms with E-state index in [-0.39, 0.29) is 6.61 Å². The molecule has 33 heavy (non-hydrogen) atoms. The van der Waals surface area contributed by atoms with E-state index in [2.05, 4.69) is 60.4 Å². The van der Waals surface area contributed by atoms with Crippen molar-refractivity contribution < 1.29 is 19.4 Å². The molecule has 0 aromatic heterocycles. The molecule has 3 rings (SSSR count). The molecule has 0 amide bonds. The van der Waals surface area contributed by atoms with Crippen molar-refractivity contribution in [2.24, 2.45) is 0 Å². The van der Waals surface area contributed by atoms with Gasteiger partial charge in [0.2, 0.25) is 0 Å². The summed E-state index contributed by atoms with van der Waals surface area (Å²) in [6.45, 7) is 5.65. The molecule has 5 nitrogen and oxygen atoms in total. The molecule has 0 radical (unpaired) electrons. The average molecular weight is 466 g/mol. The molecule has 0 fully saturated rings. The Morgan fingerprint density at radius 2 is 1.70 bits per heavy atom. The Bertz CT molecular complexity index is 1040. The minimum absolute atomic E-state index is 0.365. The smallest absolute Gasteiger partial charge is 0.341 e. The van der Waals surface area contributed by atoms with Crippen LogP contribution in [0.4, 0.5) is 5.69 Å². The van der Waals surface area contributed by atoms with E-state index in [4.69, 9.17) is 14.6 Å². The summed E-state index contributed by atoms with van der Waals surface area (Å²) >= 11 is 1.74. The highest BCUT2D eigenvalue weighted by Gasteiger charge is 2.12. The number of benzene rings is 3. The van der Waals surface area contributed by atoms with Crippen LogP contribution in [0.5, 0.6) is 11.5 Å². The third-order valence-electron chi connectivity index (χ3n) is 5.36. The lowest BCUT2D eigenvalue weighted by Gasteiger charge is -2.23. The number of anilines is 1. The molecule has 0 bridgehead atoms. The summed E-state index contributed by atoms with van der Waals surface area (Å²) in [7, 11) is 1.62. The lowest BCUT2D eigenvalue weighted by Crippen LogP contribution is -2.24. The Morgan fingerprint density at radius 1 is 1.00 bits per heavy atom. The quantitative estimate of drug-likeness (QED) is 0.256. The van der Waals surface area contributed by atoms with Crippen LogP contribution in [0.25, 0.3) is 11.1 Å². The first-order chi connectivity index (χ1) is 16.0. The van der Waals surface area contributed by atoms with E-state index in [0.717, 1.165) is 35.7 Å². The fraction of sp³-hybridized carbons (Fsp3) is 0.296. The number of hydrogen-bond donors (Lipinski definition) is 1. The Balaban J connectivity index is 1.56. The molecule has 174 valence electrons. The van der Waals surface area contributed by atoms with Crippen LogP contribution < -0.4 is 14.4 Å². The van der Waals surface area contributed by atoms with E-state index in [9.17, 15) is 4.79 Å². The van der Waals surface area contributed by atoms with Gasteiger partial charge in [-0.2, -0.15) is 0 Å². The van der Waals surface area contributed by atoms with E-state index in [1.54, 1.807) is 24.9 Å². The second-order valence-corrected chi connectivity index (χ2v) is 8.78. The van der Waals surface area contributed by atoms with Gasteiger partial charge in [0, 0.05) is 29.7 Å². The number of aryl methyl sites for hydroxylation is 1. The molecule has 0 atom stereocenters. The SMILES string of the molecule is CCN(CCCSc1cc(C)c(OCC(=O)O)cc1OC)c1ccc(-c2ccccc2)cc1. The number of rotatable bonds is 12. The predicted octanol–water partition coefficient (Wildman–Crippen LogP) is 6.14. The third-order valence-corrected chi connectivity index (χ3v) is 6.49. The summed E-state index contributed by atoms with van der Waals surface area (Å²) in [5.41, 5.74) is 4.58. The van der Waals surface area contributed by atoms with Crippen LogP contribution in [0.2, 0.25) is 0 Å². The maximum absolute atomic E-state index is 10.8. The number of carboxylic acids is 1. The second kappa shape index (κ2) is 12.2. The Morgan fingerprint density at radius 3 is 2.33 bits per heavy atom. The van der Waals surface area contributed by atoms with Gasteiger partial charge in [-0.05, 0) is 60.9 Å². The van der Waals surface area contributed by atoms with Gasteiger partial charge in [0.15, 0.2) is 6.61 Å². The van der Waals surface area contributed by atoms with Crippen molar-refractivity contribution in [3.63, 3.8) is 0 Å². The van der Waals surface area contributed by atoms with Crippen LogP contribution >= 0.6 is 11.8 Å². The van der Waals surface area contributed by atoms with Gasteiger partial charge >= 0.3 is 5.97 Å². The fourth-order valence-electron chi connectivity index (χ4n) is 3.61. The molecule has 0 saturated heterocycles. The topological polar surface area (TPSA) is 59.0 Å². The third kappa shape index (κ3) is 6.93. The highest BCUT2D eigenvalue weighted by molar-refractivity contribution is 7.99. The maximum atomic E-state index is 10.8. The maximum Gasteiger partial charge on any atom is 0.341 e. The number of carboxylic acid groups (broad SMARTS) is 1. The largest absolute Gasteiger partial charge is 0.495 e. The molecule has 3 aromatic rings. The number of aliphatic carboxylic acids is 1. The lowest BCUT2D eigenvalue weighted by atomic mass is 10.1. The lowest BCUT2D eigenvalue weighted by molar-refractivity contribution is -0.139. The Labute approximate surface area is 200 Å². The Hall–Kier alpha value is -3.12. The van der Waals surface area contributed by atoms with Gasteiger partial charge in [-0.25, -0.2) is 4.79 Å². The molecule has 0 unspecified atom stereocenters. The summed E-state index contributed by atoms with van der Waals surface area (Å²) in [6.07, 6.45) is 1.03. The summed E-state index contributed by atoms with van der Waals surface area (Å²) < 4.78 is 10.9. The molecule has 0 heterocycles. The monoisotopic (exact) mass is 465 g/mol. The molecule has 0 spiro atoms. The summed E-state index contributed by atoms with van der Waals surface area (Å²) in [5.74, 6) is 1.19. The molecule has 6 heteroatoms. The summed E-state index contributed by atoms with van der Waals surface area (Å²) in [4.78, 5) is 14.2. The molecule has 3 aromatic carbocycles. The van der Waals surface area contributed by atoms with Crippen LogP contribution in [0.15, 0.2) is 71.6 Å². The highest BCUT2D eigenvalue weighted by Crippen LogP contribution is 2.36. The minimum Gasteiger partial charge on any atom is -0.495 e. The average Bonchev–Trinajstić information content (AvgIpc) is 2.84. The molecule has 0 aliphatic rings. The normalized spacial score (nSPS) is 10.6. The van der Waals surface area contributed by atoms with E-state index in [1.165, 1.54) is 16.8 Å². The first-order valence-corrected chi connectivity index (χ1v) is 12.1. The molecule has 0 aliphatic carbocycles. The second-order valence-electron chi connectivity index (χ2n) is 7.65. The molecule has 1 N–H and O–H groups in total. The van der Waals surface area contributed by atoms with Gasteiger partial charge < -0.3 is 19.5 Å². The van der Waals surface area contributed by atoms with Gasteiger partial charge in [-0.3, -0.25) is 0 Å². The van der Waals surface area contributed by atoms with Crippen LogP contribution in [0, 0.1) is 6.92 Å². The minimum atomic E-state index is -0.998.